The molecule has 152 valence electrons. The van der Waals surface area contributed by atoms with Crippen LogP contribution in [0.3, 0.4) is 0 Å². The van der Waals surface area contributed by atoms with Crippen molar-refractivity contribution in [3.63, 3.8) is 0 Å². The van der Waals surface area contributed by atoms with Gasteiger partial charge in [-0.1, -0.05) is 48.5 Å². The first kappa shape index (κ1) is 21.0. The number of carbonyl (C=O) groups is 2. The molecular weight excluding hydrogens is 410 g/mol. The lowest BCUT2D eigenvalue weighted by molar-refractivity contribution is -0.115. The first-order chi connectivity index (χ1) is 13.9. The zero-order chi connectivity index (χ0) is 20.9. The maximum Gasteiger partial charge on any atom is 0.341 e. The van der Waals surface area contributed by atoms with Crippen molar-refractivity contribution < 1.29 is 22.7 Å². The highest BCUT2D eigenvalue weighted by atomic mass is 32.2. The normalized spacial score (nSPS) is 11.3. The van der Waals surface area contributed by atoms with Gasteiger partial charge in [0.2, 0.25) is 5.91 Å². The van der Waals surface area contributed by atoms with Gasteiger partial charge in [0, 0.05) is 16.5 Å². The minimum atomic E-state index is -3.43. The molecule has 0 radical (unpaired) electrons. The zero-order valence-electron chi connectivity index (χ0n) is 15.9. The number of esters is 1. The Morgan fingerprint density at radius 3 is 2.45 bits per heavy atom. The van der Waals surface area contributed by atoms with Crippen LogP contribution in [0.1, 0.15) is 29.3 Å². The SMILES string of the molecule is CCOC(=O)c1c(NC(=O)CCS(=O)(=O)Cc2ccccc2)sc2ccccc12. The highest BCUT2D eigenvalue weighted by Crippen LogP contribution is 2.36. The summed E-state index contributed by atoms with van der Waals surface area (Å²) in [7, 11) is -3.43. The zero-order valence-corrected chi connectivity index (χ0v) is 17.5. The van der Waals surface area contributed by atoms with Gasteiger partial charge in [0.1, 0.15) is 10.6 Å². The van der Waals surface area contributed by atoms with Crippen molar-refractivity contribution in [3.05, 3.63) is 65.7 Å². The van der Waals surface area contributed by atoms with Crippen molar-refractivity contribution in [3.8, 4) is 0 Å². The Morgan fingerprint density at radius 2 is 1.72 bits per heavy atom. The summed E-state index contributed by atoms with van der Waals surface area (Å²) in [5, 5.41) is 3.76. The topological polar surface area (TPSA) is 89.5 Å². The van der Waals surface area contributed by atoms with Gasteiger partial charge < -0.3 is 10.1 Å². The molecule has 0 atom stereocenters. The second-order valence-corrected chi connectivity index (χ2v) is 9.63. The van der Waals surface area contributed by atoms with Crippen molar-refractivity contribution in [1.82, 2.24) is 0 Å². The van der Waals surface area contributed by atoms with Crippen LogP contribution in [-0.4, -0.2) is 32.7 Å². The molecule has 0 aliphatic carbocycles. The van der Waals surface area contributed by atoms with E-state index in [0.29, 0.717) is 21.5 Å². The van der Waals surface area contributed by atoms with Crippen LogP contribution < -0.4 is 5.32 Å². The Hall–Kier alpha value is -2.71. The third-order valence-electron chi connectivity index (χ3n) is 4.20. The Balaban J connectivity index is 1.71. The third-order valence-corrected chi connectivity index (χ3v) is 6.88. The van der Waals surface area contributed by atoms with Crippen LogP contribution in [-0.2, 0) is 25.1 Å². The Kier molecular flexibility index (Phi) is 6.66. The fourth-order valence-electron chi connectivity index (χ4n) is 2.88. The Morgan fingerprint density at radius 1 is 1.03 bits per heavy atom. The Labute approximate surface area is 173 Å². The fourth-order valence-corrected chi connectivity index (χ4v) is 5.32. The van der Waals surface area contributed by atoms with Gasteiger partial charge >= 0.3 is 5.97 Å². The molecule has 1 amide bonds. The largest absolute Gasteiger partial charge is 0.462 e. The molecule has 3 rings (SSSR count). The van der Waals surface area contributed by atoms with E-state index >= 15 is 0 Å². The molecule has 29 heavy (non-hydrogen) atoms. The molecule has 8 heteroatoms. The van der Waals surface area contributed by atoms with E-state index in [1.807, 2.05) is 18.2 Å². The molecule has 1 aromatic heterocycles. The van der Waals surface area contributed by atoms with E-state index in [4.69, 9.17) is 4.74 Å². The molecule has 0 spiro atoms. The van der Waals surface area contributed by atoms with Crippen molar-refractivity contribution in [2.75, 3.05) is 17.7 Å². The van der Waals surface area contributed by atoms with Gasteiger partial charge in [-0.25, -0.2) is 13.2 Å². The van der Waals surface area contributed by atoms with Crippen LogP contribution in [0.5, 0.6) is 0 Å². The molecule has 1 heterocycles. The predicted molar refractivity (Wildman–Crippen MR) is 115 cm³/mol. The maximum atomic E-state index is 12.4. The summed E-state index contributed by atoms with van der Waals surface area (Å²) >= 11 is 1.26. The molecule has 6 nitrogen and oxygen atoms in total. The van der Waals surface area contributed by atoms with E-state index in [0.717, 1.165) is 4.70 Å². The van der Waals surface area contributed by atoms with Crippen LogP contribution in [0.4, 0.5) is 5.00 Å². The molecule has 0 unspecified atom stereocenters. The van der Waals surface area contributed by atoms with Crippen LogP contribution in [0.15, 0.2) is 54.6 Å². The first-order valence-corrected chi connectivity index (χ1v) is 11.8. The summed E-state index contributed by atoms with van der Waals surface area (Å²) in [5.41, 5.74) is 0.981. The number of hydrogen-bond acceptors (Lipinski definition) is 6. The molecular formula is C21H21NO5S2. The number of benzene rings is 2. The van der Waals surface area contributed by atoms with Crippen molar-refractivity contribution in [1.29, 1.82) is 0 Å². The van der Waals surface area contributed by atoms with E-state index in [1.165, 1.54) is 11.3 Å². The lowest BCUT2D eigenvalue weighted by Gasteiger charge is -2.07. The third kappa shape index (κ3) is 5.42. The van der Waals surface area contributed by atoms with Crippen molar-refractivity contribution >= 4 is 48.1 Å². The van der Waals surface area contributed by atoms with Gasteiger partial charge in [-0.2, -0.15) is 0 Å². The molecule has 0 bridgehead atoms. The second kappa shape index (κ2) is 9.19. The summed E-state index contributed by atoms with van der Waals surface area (Å²) < 4.78 is 30.6. The van der Waals surface area contributed by atoms with Crippen molar-refractivity contribution in [2.24, 2.45) is 0 Å². The number of thiophene rings is 1. The summed E-state index contributed by atoms with van der Waals surface area (Å²) in [6.45, 7) is 1.93. The van der Waals surface area contributed by atoms with E-state index in [9.17, 15) is 18.0 Å². The molecule has 0 fully saturated rings. The summed E-state index contributed by atoms with van der Waals surface area (Å²) in [6.07, 6.45) is -0.189. The van der Waals surface area contributed by atoms with E-state index in [1.54, 1.807) is 43.3 Å². The molecule has 3 aromatic rings. The number of fused-ring (bicyclic) bond motifs is 1. The molecule has 0 aliphatic rings. The predicted octanol–water partition coefficient (Wildman–Crippen LogP) is 4.02. The number of amides is 1. The number of sulfone groups is 1. The minimum absolute atomic E-state index is 0.113. The van der Waals surface area contributed by atoms with Gasteiger partial charge in [-0.3, -0.25) is 4.79 Å². The smallest absolute Gasteiger partial charge is 0.341 e. The molecule has 0 saturated heterocycles. The standard InChI is InChI=1S/C21H21NO5S2/c1-2-27-21(24)19-16-10-6-7-11-17(16)28-20(19)22-18(23)12-13-29(25,26)14-15-8-4-3-5-9-15/h3-11H,2,12-14H2,1H3,(H,22,23). The van der Waals surface area contributed by atoms with Gasteiger partial charge in [0.15, 0.2) is 9.84 Å². The number of carbonyl (C=O) groups excluding carboxylic acids is 2. The number of anilines is 1. The van der Waals surface area contributed by atoms with E-state index in [2.05, 4.69) is 5.32 Å². The molecule has 2 aromatic carbocycles. The van der Waals surface area contributed by atoms with Crippen LogP contribution in [0.2, 0.25) is 0 Å². The lowest BCUT2D eigenvalue weighted by Crippen LogP contribution is -2.19. The number of nitrogens with one attached hydrogen (secondary N) is 1. The van der Waals surface area contributed by atoms with Crippen LogP contribution in [0, 0.1) is 0 Å². The van der Waals surface area contributed by atoms with Gasteiger partial charge in [-0.15, -0.1) is 11.3 Å². The first-order valence-electron chi connectivity index (χ1n) is 9.12. The molecule has 0 saturated carbocycles. The highest BCUT2D eigenvalue weighted by molar-refractivity contribution is 7.90. The average molecular weight is 432 g/mol. The molecule has 0 aliphatic heterocycles. The lowest BCUT2D eigenvalue weighted by atomic mass is 10.1. The quantitative estimate of drug-likeness (QED) is 0.544. The number of hydrogen-bond donors (Lipinski definition) is 1. The average Bonchev–Trinajstić information content (AvgIpc) is 3.05. The summed E-state index contributed by atoms with van der Waals surface area (Å²) in [6, 6.07) is 16.1. The van der Waals surface area contributed by atoms with Crippen LogP contribution >= 0.6 is 11.3 Å². The maximum absolute atomic E-state index is 12.4. The number of ether oxygens (including phenoxy) is 1. The minimum Gasteiger partial charge on any atom is -0.462 e. The molecule has 1 N–H and O–H groups in total. The Bertz CT molecular complexity index is 1120. The van der Waals surface area contributed by atoms with Gasteiger partial charge in [-0.05, 0) is 18.6 Å². The van der Waals surface area contributed by atoms with E-state index < -0.39 is 21.7 Å². The van der Waals surface area contributed by atoms with Gasteiger partial charge in [0.25, 0.3) is 0 Å². The number of rotatable bonds is 8. The monoisotopic (exact) mass is 431 g/mol. The van der Waals surface area contributed by atoms with Crippen LogP contribution in [0.25, 0.3) is 10.1 Å². The summed E-state index contributed by atoms with van der Waals surface area (Å²) in [4.78, 5) is 24.8. The van der Waals surface area contributed by atoms with Gasteiger partial charge in [0.05, 0.1) is 18.1 Å². The summed E-state index contributed by atoms with van der Waals surface area (Å²) in [5.74, 6) is -1.36. The van der Waals surface area contributed by atoms with E-state index in [-0.39, 0.29) is 24.5 Å². The second-order valence-electron chi connectivity index (χ2n) is 6.40. The highest BCUT2D eigenvalue weighted by Gasteiger charge is 2.22. The van der Waals surface area contributed by atoms with Crippen molar-refractivity contribution in [2.45, 2.75) is 19.1 Å². The fraction of sp³-hybridized carbons (Fsp3) is 0.238.